The van der Waals surface area contributed by atoms with Gasteiger partial charge in [0.1, 0.15) is 0 Å². The maximum Gasteiger partial charge on any atom is 0.193 e. The Bertz CT molecular complexity index is 612. The van der Waals surface area contributed by atoms with Gasteiger partial charge in [0.05, 0.1) is 0 Å². The van der Waals surface area contributed by atoms with E-state index < -0.39 is 0 Å². The first-order valence-corrected chi connectivity index (χ1v) is 7.25. The second-order valence-electron chi connectivity index (χ2n) is 5.54. The van der Waals surface area contributed by atoms with E-state index >= 15 is 0 Å². The van der Waals surface area contributed by atoms with Crippen LogP contribution in [0.1, 0.15) is 40.9 Å². The Labute approximate surface area is 125 Å². The van der Waals surface area contributed by atoms with Crippen LogP contribution in [0.25, 0.3) is 0 Å². The van der Waals surface area contributed by atoms with Crippen molar-refractivity contribution in [2.75, 3.05) is 0 Å². The number of ketones is 1. The summed E-state index contributed by atoms with van der Waals surface area (Å²) in [5, 5.41) is 0.632. The van der Waals surface area contributed by atoms with Gasteiger partial charge in [0.2, 0.25) is 0 Å². The summed E-state index contributed by atoms with van der Waals surface area (Å²) in [4.78, 5) is 12.5. The molecule has 0 amide bonds. The lowest BCUT2D eigenvalue weighted by Crippen LogP contribution is -2.04. The molecule has 1 nitrogen and oxygen atoms in total. The van der Waals surface area contributed by atoms with Crippen LogP contribution < -0.4 is 0 Å². The lowest BCUT2D eigenvalue weighted by Gasteiger charge is -2.08. The third-order valence-electron chi connectivity index (χ3n) is 3.37. The fraction of sp³-hybridized carbons (Fsp3) is 0.278. The number of carbonyl (C=O) groups is 1. The first kappa shape index (κ1) is 14.8. The van der Waals surface area contributed by atoms with E-state index in [1.165, 1.54) is 5.56 Å². The molecule has 0 spiro atoms. The Balaban J connectivity index is 2.27. The molecule has 0 unspecified atom stereocenters. The molecule has 0 saturated carbocycles. The Morgan fingerprint density at radius 3 is 2.35 bits per heavy atom. The van der Waals surface area contributed by atoms with Crippen molar-refractivity contribution >= 4 is 17.4 Å². The zero-order valence-corrected chi connectivity index (χ0v) is 12.9. The third-order valence-corrected chi connectivity index (χ3v) is 3.78. The van der Waals surface area contributed by atoms with Gasteiger partial charge < -0.3 is 0 Å². The summed E-state index contributed by atoms with van der Waals surface area (Å²) in [6.07, 6.45) is 1.03. The van der Waals surface area contributed by atoms with Crippen LogP contribution in [0.3, 0.4) is 0 Å². The van der Waals surface area contributed by atoms with Crippen molar-refractivity contribution in [2.45, 2.75) is 27.2 Å². The van der Waals surface area contributed by atoms with Gasteiger partial charge in [0, 0.05) is 16.1 Å². The highest BCUT2D eigenvalue weighted by Gasteiger charge is 2.13. The maximum atomic E-state index is 12.5. The highest BCUT2D eigenvalue weighted by Crippen LogP contribution is 2.22. The van der Waals surface area contributed by atoms with Crippen LogP contribution >= 0.6 is 11.6 Å². The molecule has 0 N–H and O–H groups in total. The van der Waals surface area contributed by atoms with E-state index in [2.05, 4.69) is 13.8 Å². The van der Waals surface area contributed by atoms with Gasteiger partial charge >= 0.3 is 0 Å². The van der Waals surface area contributed by atoms with Crippen LogP contribution in [0.2, 0.25) is 5.02 Å². The summed E-state index contributed by atoms with van der Waals surface area (Å²) < 4.78 is 0. The van der Waals surface area contributed by atoms with Gasteiger partial charge in [0.25, 0.3) is 0 Å². The SMILES string of the molecule is Cc1c(Cl)cccc1C(=O)c1ccc(CC(C)C)cc1. The van der Waals surface area contributed by atoms with Crippen molar-refractivity contribution in [2.24, 2.45) is 5.92 Å². The van der Waals surface area contributed by atoms with Gasteiger partial charge in [0.15, 0.2) is 5.78 Å². The van der Waals surface area contributed by atoms with Crippen molar-refractivity contribution in [3.63, 3.8) is 0 Å². The van der Waals surface area contributed by atoms with Crippen LogP contribution in [0.5, 0.6) is 0 Å². The third kappa shape index (κ3) is 3.29. The van der Waals surface area contributed by atoms with E-state index in [0.29, 0.717) is 22.1 Å². The minimum Gasteiger partial charge on any atom is -0.289 e. The molecule has 0 heterocycles. The molecule has 2 rings (SSSR count). The van der Waals surface area contributed by atoms with Gasteiger partial charge in [-0.2, -0.15) is 0 Å². The van der Waals surface area contributed by atoms with Crippen LogP contribution in [0, 0.1) is 12.8 Å². The highest BCUT2D eigenvalue weighted by atomic mass is 35.5. The van der Waals surface area contributed by atoms with Crippen LogP contribution in [-0.4, -0.2) is 5.78 Å². The van der Waals surface area contributed by atoms with E-state index in [4.69, 9.17) is 11.6 Å². The second-order valence-corrected chi connectivity index (χ2v) is 5.94. The molecule has 2 heteroatoms. The van der Waals surface area contributed by atoms with Crippen molar-refractivity contribution < 1.29 is 4.79 Å². The molecule has 2 aromatic rings. The van der Waals surface area contributed by atoms with Gasteiger partial charge in [-0.3, -0.25) is 4.79 Å². The number of benzene rings is 2. The monoisotopic (exact) mass is 286 g/mol. The molecule has 0 fully saturated rings. The van der Waals surface area contributed by atoms with Crippen LogP contribution in [0.4, 0.5) is 0 Å². The molecule has 0 atom stereocenters. The lowest BCUT2D eigenvalue weighted by molar-refractivity contribution is 0.103. The molecule has 2 aromatic carbocycles. The number of rotatable bonds is 4. The second kappa shape index (κ2) is 6.23. The van der Waals surface area contributed by atoms with E-state index in [9.17, 15) is 4.79 Å². The van der Waals surface area contributed by atoms with Gasteiger partial charge in [-0.1, -0.05) is 61.8 Å². The number of hydrogen-bond donors (Lipinski definition) is 0. The summed E-state index contributed by atoms with van der Waals surface area (Å²) in [5.41, 5.74) is 3.49. The minimum absolute atomic E-state index is 0.0288. The highest BCUT2D eigenvalue weighted by molar-refractivity contribution is 6.32. The molecule has 0 aliphatic heterocycles. The molecule has 0 aliphatic rings. The van der Waals surface area contributed by atoms with E-state index in [1.807, 2.05) is 43.3 Å². The average Bonchev–Trinajstić information content (AvgIpc) is 2.41. The first-order chi connectivity index (χ1) is 9.49. The summed E-state index contributed by atoms with van der Waals surface area (Å²) in [5.74, 6) is 0.646. The predicted molar refractivity (Wildman–Crippen MR) is 84.6 cm³/mol. The summed E-state index contributed by atoms with van der Waals surface area (Å²) >= 11 is 6.08. The quantitative estimate of drug-likeness (QED) is 0.717. The molecule has 0 radical (unpaired) electrons. The van der Waals surface area contributed by atoms with Crippen LogP contribution in [-0.2, 0) is 6.42 Å². The molecular weight excluding hydrogens is 268 g/mol. The summed E-state index contributed by atoms with van der Waals surface area (Å²) in [6, 6.07) is 13.3. The van der Waals surface area contributed by atoms with Crippen molar-refractivity contribution in [1.29, 1.82) is 0 Å². The van der Waals surface area contributed by atoms with Gasteiger partial charge in [-0.05, 0) is 36.5 Å². The fourth-order valence-corrected chi connectivity index (χ4v) is 2.45. The molecular formula is C18H19ClO. The Kier molecular flexibility index (Phi) is 4.61. The minimum atomic E-state index is 0.0288. The molecule has 0 bridgehead atoms. The smallest absolute Gasteiger partial charge is 0.193 e. The van der Waals surface area contributed by atoms with E-state index in [-0.39, 0.29) is 5.78 Å². The zero-order chi connectivity index (χ0) is 14.7. The van der Waals surface area contributed by atoms with Crippen molar-refractivity contribution in [3.8, 4) is 0 Å². The number of hydrogen-bond acceptors (Lipinski definition) is 1. The van der Waals surface area contributed by atoms with Crippen molar-refractivity contribution in [3.05, 3.63) is 69.7 Å². The Morgan fingerprint density at radius 1 is 1.10 bits per heavy atom. The lowest BCUT2D eigenvalue weighted by atomic mass is 9.96. The molecule has 0 aliphatic carbocycles. The Morgan fingerprint density at radius 2 is 1.75 bits per heavy atom. The zero-order valence-electron chi connectivity index (χ0n) is 12.1. The summed E-state index contributed by atoms with van der Waals surface area (Å²) in [6.45, 7) is 6.26. The largest absolute Gasteiger partial charge is 0.289 e. The normalized spacial score (nSPS) is 10.8. The average molecular weight is 287 g/mol. The molecule has 0 saturated heterocycles. The van der Waals surface area contributed by atoms with Crippen LogP contribution in [0.15, 0.2) is 42.5 Å². The van der Waals surface area contributed by atoms with Gasteiger partial charge in [-0.25, -0.2) is 0 Å². The predicted octanol–water partition coefficient (Wildman–Crippen LogP) is 5.08. The van der Waals surface area contributed by atoms with Crippen molar-refractivity contribution in [1.82, 2.24) is 0 Å². The standard InChI is InChI=1S/C18H19ClO/c1-12(2)11-14-7-9-15(10-8-14)18(20)16-5-4-6-17(19)13(16)3/h4-10,12H,11H2,1-3H3. The van der Waals surface area contributed by atoms with Gasteiger partial charge in [-0.15, -0.1) is 0 Å². The Hall–Kier alpha value is -1.60. The fourth-order valence-electron chi connectivity index (χ4n) is 2.27. The summed E-state index contributed by atoms with van der Waals surface area (Å²) in [7, 11) is 0. The van der Waals surface area contributed by atoms with E-state index in [0.717, 1.165) is 12.0 Å². The number of carbonyl (C=O) groups excluding carboxylic acids is 1. The number of halogens is 1. The van der Waals surface area contributed by atoms with E-state index in [1.54, 1.807) is 6.07 Å². The topological polar surface area (TPSA) is 17.1 Å². The maximum absolute atomic E-state index is 12.5. The molecule has 20 heavy (non-hydrogen) atoms. The molecule has 0 aromatic heterocycles. The first-order valence-electron chi connectivity index (χ1n) is 6.87. The molecule has 104 valence electrons.